The number of nitrogens with zero attached hydrogens (tertiary/aromatic N) is 2. The Morgan fingerprint density at radius 3 is 2.22 bits per heavy atom. The lowest BCUT2D eigenvalue weighted by Gasteiger charge is -2.40. The van der Waals surface area contributed by atoms with Gasteiger partial charge in [0.25, 0.3) is 5.91 Å². The van der Waals surface area contributed by atoms with E-state index in [1.54, 1.807) is 24.1 Å². The third-order valence-corrected chi connectivity index (χ3v) is 7.03. The summed E-state index contributed by atoms with van der Waals surface area (Å²) in [5.41, 5.74) is 1.44. The van der Waals surface area contributed by atoms with Crippen LogP contribution in [0.4, 0.5) is 0 Å². The largest absolute Gasteiger partial charge is 0.622 e. The van der Waals surface area contributed by atoms with Crippen molar-refractivity contribution in [3.05, 3.63) is 54.2 Å². The molecular weight excluding hydrogens is 531 g/mol. The van der Waals surface area contributed by atoms with E-state index in [0.29, 0.717) is 5.69 Å². The Kier molecular flexibility index (Phi) is 9.74. The van der Waals surface area contributed by atoms with Gasteiger partial charge in [-0.25, -0.2) is 4.98 Å². The van der Waals surface area contributed by atoms with E-state index in [4.69, 9.17) is 14.0 Å². The molecule has 12 nitrogen and oxygen atoms in total. The van der Waals surface area contributed by atoms with Crippen LogP contribution in [-0.2, 0) is 28.4 Å². The Morgan fingerprint density at radius 2 is 1.63 bits per heavy atom. The molecule has 4 rings (SSSR count). The third kappa shape index (κ3) is 7.29. The number of benzene rings is 1. The molecule has 2 aliphatic heterocycles. The first-order chi connectivity index (χ1) is 19.5. The fourth-order valence-electron chi connectivity index (χ4n) is 4.76. The van der Waals surface area contributed by atoms with Gasteiger partial charge >= 0.3 is 19.1 Å². The zero-order valence-corrected chi connectivity index (χ0v) is 23.5. The number of aliphatic hydroxyl groups excluding tert-OH is 1. The Bertz CT molecular complexity index is 1230. The van der Waals surface area contributed by atoms with Gasteiger partial charge in [-0.2, -0.15) is 0 Å². The maximum atomic E-state index is 13.4. The third-order valence-electron chi connectivity index (χ3n) is 7.03. The van der Waals surface area contributed by atoms with Crippen LogP contribution in [0.25, 0.3) is 11.3 Å². The first kappa shape index (κ1) is 30.2. The fourth-order valence-corrected chi connectivity index (χ4v) is 4.76. The van der Waals surface area contributed by atoms with Crippen molar-refractivity contribution >= 4 is 30.9 Å². The molecule has 3 heterocycles. The monoisotopic (exact) mass is 566 g/mol. The van der Waals surface area contributed by atoms with Gasteiger partial charge < -0.3 is 29.8 Å². The molecule has 218 valence electrons. The maximum absolute atomic E-state index is 13.4. The van der Waals surface area contributed by atoms with Crippen molar-refractivity contribution in [3.63, 3.8) is 0 Å². The van der Waals surface area contributed by atoms with Crippen LogP contribution in [-0.4, -0.2) is 96.3 Å². The Balaban J connectivity index is 1.51. The van der Waals surface area contributed by atoms with Crippen molar-refractivity contribution in [2.45, 2.75) is 57.4 Å². The number of ether oxygens (including phenoxy) is 1. The quantitative estimate of drug-likeness (QED) is 0.367. The molecular formula is C28H35BN4O8. The van der Waals surface area contributed by atoms with Gasteiger partial charge in [0.2, 0.25) is 5.91 Å². The van der Waals surface area contributed by atoms with E-state index in [2.05, 4.69) is 15.6 Å². The number of nitrogens with one attached hydrogen (secondary N) is 2. The number of aliphatic hydroxyl groups is 1. The van der Waals surface area contributed by atoms with E-state index >= 15 is 0 Å². The van der Waals surface area contributed by atoms with E-state index in [-0.39, 0.29) is 31.2 Å². The normalized spacial score (nSPS) is 21.6. The number of carbonyl (C=O) groups excluding carboxylic acids is 4. The highest BCUT2D eigenvalue weighted by molar-refractivity contribution is 6.51. The zero-order valence-electron chi connectivity index (χ0n) is 23.5. The van der Waals surface area contributed by atoms with Crippen LogP contribution in [0, 0.1) is 5.92 Å². The second-order valence-corrected chi connectivity index (χ2v) is 10.7. The Hall–Kier alpha value is -3.81. The van der Waals surface area contributed by atoms with Gasteiger partial charge in [-0.1, -0.05) is 50.2 Å². The van der Waals surface area contributed by atoms with Gasteiger partial charge in [-0.15, -0.1) is 0 Å². The molecule has 2 bridgehead atoms. The van der Waals surface area contributed by atoms with Crippen LogP contribution in [0.15, 0.2) is 48.5 Å². The maximum Gasteiger partial charge on any atom is 0.622 e. The zero-order chi connectivity index (χ0) is 29.7. The lowest BCUT2D eigenvalue weighted by atomic mass is 9.73. The molecule has 1 aromatic heterocycles. The second kappa shape index (κ2) is 13.2. The Morgan fingerprint density at radius 1 is 1.00 bits per heavy atom. The number of pyridine rings is 1. The van der Waals surface area contributed by atoms with Gasteiger partial charge in [0.1, 0.15) is 23.8 Å². The van der Waals surface area contributed by atoms with Gasteiger partial charge in [-0.3, -0.25) is 24.1 Å². The number of amides is 2. The molecule has 2 aromatic rings. The summed E-state index contributed by atoms with van der Waals surface area (Å²) in [4.78, 5) is 58.3. The van der Waals surface area contributed by atoms with E-state index in [1.165, 1.54) is 13.0 Å². The predicted molar refractivity (Wildman–Crippen MR) is 148 cm³/mol. The molecule has 5 atom stereocenters. The smallest absolute Gasteiger partial charge is 0.497 e. The van der Waals surface area contributed by atoms with E-state index < -0.39 is 61.0 Å². The van der Waals surface area contributed by atoms with Crippen LogP contribution < -0.4 is 10.6 Å². The minimum Gasteiger partial charge on any atom is -0.497 e. The number of aromatic nitrogens is 1. The molecule has 2 aliphatic rings. The molecule has 0 radical (unpaired) electrons. The average molecular weight is 566 g/mol. The summed E-state index contributed by atoms with van der Waals surface area (Å²) < 4.78 is 16.5. The van der Waals surface area contributed by atoms with Gasteiger partial charge in [0.05, 0.1) is 31.0 Å². The molecule has 3 N–H and O–H groups in total. The fraction of sp³-hybridized carbons (Fsp3) is 0.464. The summed E-state index contributed by atoms with van der Waals surface area (Å²) in [6.07, 6.45) is -1.01. The molecule has 0 aliphatic carbocycles. The molecule has 2 fully saturated rings. The van der Waals surface area contributed by atoms with Crippen molar-refractivity contribution in [3.8, 4) is 11.3 Å². The van der Waals surface area contributed by atoms with E-state index in [0.717, 1.165) is 5.56 Å². The van der Waals surface area contributed by atoms with Gasteiger partial charge in [0, 0.05) is 5.56 Å². The Labute approximate surface area is 238 Å². The minimum absolute atomic E-state index is 0.00170. The summed E-state index contributed by atoms with van der Waals surface area (Å²) in [6, 6.07) is 11.3. The summed E-state index contributed by atoms with van der Waals surface area (Å²) in [6.45, 7) is 5.26. The van der Waals surface area contributed by atoms with Crippen molar-refractivity contribution in [2.75, 3.05) is 20.3 Å². The van der Waals surface area contributed by atoms with E-state index in [1.807, 2.05) is 44.2 Å². The summed E-state index contributed by atoms with van der Waals surface area (Å²) in [5, 5.41) is 15.7. The summed E-state index contributed by atoms with van der Waals surface area (Å²) in [7, 11) is 0.210. The van der Waals surface area contributed by atoms with Crippen molar-refractivity contribution in [1.82, 2.24) is 20.5 Å². The predicted octanol–water partition coefficient (Wildman–Crippen LogP) is 0.585. The van der Waals surface area contributed by atoms with Gasteiger partial charge in [0.15, 0.2) is 0 Å². The highest BCUT2D eigenvalue weighted by Crippen LogP contribution is 2.21. The standard InChI is InChI=1S/C28H35BN4O8/c1-16(2)13-23(29-40-27(37)21-14-39-15-22(33(21)4)28(38)41-29)31-26(36)24(17(3)34)32-25(35)20-12-8-11-19(30-20)18-9-6-5-7-10-18/h5-12,16-17,21-24,34H,13-15H2,1-4H3,(H,31,36)(H,32,35)/t17-,21-,22+,23+,24?/m1/s1. The van der Waals surface area contributed by atoms with Crippen LogP contribution in [0.2, 0.25) is 0 Å². The highest BCUT2D eigenvalue weighted by Gasteiger charge is 2.49. The summed E-state index contributed by atoms with van der Waals surface area (Å²) in [5.74, 6) is -3.65. The van der Waals surface area contributed by atoms with Crippen LogP contribution in [0.5, 0.6) is 0 Å². The molecule has 0 spiro atoms. The number of hydrogen-bond donors (Lipinski definition) is 3. The molecule has 13 heteroatoms. The SMILES string of the molecule is CC(C)C[C@H](NC(=O)C(NC(=O)c1cccc(-c2ccccc2)n1)[C@@H](C)O)B1OC(=O)[C@H]2COC[C@@H](C(=O)O1)N2C. The first-order valence-corrected chi connectivity index (χ1v) is 13.6. The number of carbonyl (C=O) groups is 4. The number of rotatable bonds is 9. The number of likely N-dealkylation sites (N-methyl/N-ethyl adjacent to an activating group) is 1. The first-order valence-electron chi connectivity index (χ1n) is 13.6. The molecule has 2 saturated heterocycles. The average Bonchev–Trinajstić information content (AvgIpc) is 2.94. The highest BCUT2D eigenvalue weighted by atomic mass is 16.6. The molecule has 41 heavy (non-hydrogen) atoms. The van der Waals surface area contributed by atoms with Crippen LogP contribution >= 0.6 is 0 Å². The number of morpholine rings is 1. The molecule has 0 saturated carbocycles. The summed E-state index contributed by atoms with van der Waals surface area (Å²) >= 11 is 0. The van der Waals surface area contributed by atoms with Crippen LogP contribution in [0.1, 0.15) is 37.7 Å². The minimum atomic E-state index is -1.41. The van der Waals surface area contributed by atoms with Crippen molar-refractivity contribution in [2.24, 2.45) is 5.92 Å². The number of hydrogen-bond acceptors (Lipinski definition) is 10. The topological polar surface area (TPSA) is 156 Å². The van der Waals surface area contributed by atoms with Gasteiger partial charge in [-0.05, 0) is 38.4 Å². The van der Waals surface area contributed by atoms with Crippen LogP contribution in [0.3, 0.4) is 0 Å². The van der Waals surface area contributed by atoms with Crippen molar-refractivity contribution < 1.29 is 38.3 Å². The molecule has 1 unspecified atom stereocenters. The molecule has 1 aromatic carbocycles. The van der Waals surface area contributed by atoms with Crippen molar-refractivity contribution in [1.29, 1.82) is 0 Å². The second-order valence-electron chi connectivity index (χ2n) is 10.7. The lowest BCUT2D eigenvalue weighted by Crippen LogP contribution is -2.64. The number of fused-ring (bicyclic) bond motifs is 2. The van der Waals surface area contributed by atoms with E-state index in [9.17, 15) is 24.3 Å². The molecule has 2 amide bonds. The lowest BCUT2D eigenvalue weighted by molar-refractivity contribution is -0.166.